The molecule has 3 N–H and O–H groups in total. The summed E-state index contributed by atoms with van der Waals surface area (Å²) < 4.78 is 10.5. The van der Waals surface area contributed by atoms with Crippen LogP contribution in [0.25, 0.3) is 0 Å². The Bertz CT molecular complexity index is 393. The largest absolute Gasteiger partial charge is 0.444 e. The Hall–Kier alpha value is -1.54. The molecule has 128 valence electrons. The van der Waals surface area contributed by atoms with E-state index in [1.165, 1.54) is 0 Å². The van der Waals surface area contributed by atoms with Gasteiger partial charge < -0.3 is 20.0 Å². The maximum atomic E-state index is 11.6. The zero-order valence-corrected chi connectivity index (χ0v) is 14.0. The molecule has 22 heavy (non-hydrogen) atoms. The summed E-state index contributed by atoms with van der Waals surface area (Å²) in [7, 11) is 1.68. The van der Waals surface area contributed by atoms with Crippen molar-refractivity contribution in [2.24, 2.45) is 5.73 Å². The second-order valence-electron chi connectivity index (χ2n) is 6.73. The van der Waals surface area contributed by atoms with E-state index < -0.39 is 12.2 Å². The number of nitrogens with two attached hydrogens (primary N) is 1. The summed E-state index contributed by atoms with van der Waals surface area (Å²) in [5, 5.41) is 0. The van der Waals surface area contributed by atoms with Gasteiger partial charge in [-0.3, -0.25) is 4.90 Å². The van der Waals surface area contributed by atoms with Gasteiger partial charge in [-0.05, 0) is 27.7 Å². The molecule has 0 aromatic carbocycles. The minimum absolute atomic E-state index is 0.157. The normalized spacial score (nSPS) is 21.1. The zero-order chi connectivity index (χ0) is 17.0. The SMILES string of the molecule is COCCN1C(C)(C)CC(OC(=O)NOC(N)=O)CC1(C)C. The summed E-state index contributed by atoms with van der Waals surface area (Å²) in [4.78, 5) is 28.6. The van der Waals surface area contributed by atoms with Crippen LogP contribution >= 0.6 is 0 Å². The lowest BCUT2D eigenvalue weighted by Crippen LogP contribution is -2.63. The molecule has 0 atom stereocenters. The Morgan fingerprint density at radius 1 is 1.23 bits per heavy atom. The molecule has 0 aromatic heterocycles. The summed E-state index contributed by atoms with van der Waals surface area (Å²) in [5.41, 5.74) is 6.32. The van der Waals surface area contributed by atoms with Gasteiger partial charge in [0.2, 0.25) is 0 Å². The lowest BCUT2D eigenvalue weighted by atomic mass is 9.78. The van der Waals surface area contributed by atoms with Gasteiger partial charge in [-0.1, -0.05) is 0 Å². The third-order valence-corrected chi connectivity index (χ3v) is 3.94. The number of likely N-dealkylation sites (tertiary alicyclic amines) is 1. The molecule has 0 aromatic rings. The molecule has 0 radical (unpaired) electrons. The molecular formula is C14H27N3O5. The summed E-state index contributed by atoms with van der Waals surface area (Å²) in [6, 6.07) is 0. The van der Waals surface area contributed by atoms with Crippen molar-refractivity contribution in [2.75, 3.05) is 20.3 Å². The highest BCUT2D eigenvalue weighted by atomic mass is 16.7. The first-order valence-electron chi connectivity index (χ1n) is 7.28. The van der Waals surface area contributed by atoms with Crippen LogP contribution in [0, 0.1) is 0 Å². The Balaban J connectivity index is 2.67. The number of primary amides is 1. The fourth-order valence-electron chi connectivity index (χ4n) is 3.36. The molecular weight excluding hydrogens is 290 g/mol. The summed E-state index contributed by atoms with van der Waals surface area (Å²) in [5.74, 6) is 0. The fraction of sp³-hybridized carbons (Fsp3) is 0.857. The number of methoxy groups -OCH3 is 1. The van der Waals surface area contributed by atoms with Crippen LogP contribution in [0.5, 0.6) is 0 Å². The zero-order valence-electron chi connectivity index (χ0n) is 14.0. The van der Waals surface area contributed by atoms with Gasteiger partial charge in [0.25, 0.3) is 0 Å². The minimum atomic E-state index is -1.09. The maximum Gasteiger partial charge on any atom is 0.441 e. The Labute approximate surface area is 131 Å². The molecule has 2 amide bonds. The van der Waals surface area contributed by atoms with E-state index in [0.717, 1.165) is 6.54 Å². The van der Waals surface area contributed by atoms with Crippen molar-refractivity contribution >= 4 is 12.2 Å². The van der Waals surface area contributed by atoms with E-state index in [2.05, 4.69) is 37.4 Å². The Kier molecular flexibility index (Phi) is 6.01. The molecule has 1 saturated heterocycles. The van der Waals surface area contributed by atoms with Gasteiger partial charge in [-0.25, -0.2) is 9.59 Å². The van der Waals surface area contributed by atoms with Crippen molar-refractivity contribution < 1.29 is 23.9 Å². The Morgan fingerprint density at radius 2 is 1.77 bits per heavy atom. The van der Waals surface area contributed by atoms with E-state index in [1.54, 1.807) is 7.11 Å². The van der Waals surface area contributed by atoms with E-state index in [9.17, 15) is 9.59 Å². The first-order chi connectivity index (χ1) is 10.1. The lowest BCUT2D eigenvalue weighted by Gasteiger charge is -2.54. The highest BCUT2D eigenvalue weighted by molar-refractivity contribution is 5.70. The predicted octanol–water partition coefficient (Wildman–Crippen LogP) is 1.39. The molecule has 0 bridgehead atoms. The lowest BCUT2D eigenvalue weighted by molar-refractivity contribution is -0.0935. The highest BCUT2D eigenvalue weighted by Crippen LogP contribution is 2.39. The average Bonchev–Trinajstić information content (AvgIpc) is 2.33. The molecule has 1 rings (SSSR count). The van der Waals surface area contributed by atoms with E-state index in [4.69, 9.17) is 15.2 Å². The molecule has 8 nitrogen and oxygen atoms in total. The first kappa shape index (κ1) is 18.5. The Morgan fingerprint density at radius 3 is 2.23 bits per heavy atom. The molecule has 1 fully saturated rings. The van der Waals surface area contributed by atoms with Crippen LogP contribution < -0.4 is 11.2 Å². The van der Waals surface area contributed by atoms with Crippen molar-refractivity contribution in [3.8, 4) is 0 Å². The second kappa shape index (κ2) is 7.15. The number of amides is 2. The average molecular weight is 317 g/mol. The van der Waals surface area contributed by atoms with Gasteiger partial charge in [0, 0.05) is 37.6 Å². The number of hydroxylamine groups is 1. The second-order valence-corrected chi connectivity index (χ2v) is 6.73. The van der Waals surface area contributed by atoms with Crippen LogP contribution in [0.1, 0.15) is 40.5 Å². The van der Waals surface area contributed by atoms with Crippen LogP contribution in [0.2, 0.25) is 0 Å². The van der Waals surface area contributed by atoms with Gasteiger partial charge in [-0.2, -0.15) is 0 Å². The number of nitrogens with one attached hydrogen (secondary N) is 1. The van der Waals surface area contributed by atoms with Crippen molar-refractivity contribution in [3.63, 3.8) is 0 Å². The quantitative estimate of drug-likeness (QED) is 0.760. The van der Waals surface area contributed by atoms with Crippen molar-refractivity contribution in [1.29, 1.82) is 0 Å². The van der Waals surface area contributed by atoms with Crippen LogP contribution in [0.3, 0.4) is 0 Å². The number of hydrogen-bond acceptors (Lipinski definition) is 6. The molecule has 8 heteroatoms. The van der Waals surface area contributed by atoms with Crippen LogP contribution in [-0.4, -0.2) is 54.5 Å². The standard InChI is InChI=1S/C14H27N3O5/c1-13(2)8-10(21-12(19)16-22-11(15)18)9-14(3,4)17(13)6-7-20-5/h10H,6-9H2,1-5H3,(H2,15,18)(H,16,19). The van der Waals surface area contributed by atoms with Crippen LogP contribution in [-0.2, 0) is 14.3 Å². The van der Waals surface area contributed by atoms with Crippen molar-refractivity contribution in [1.82, 2.24) is 10.4 Å². The third kappa shape index (κ3) is 5.03. The molecule has 0 unspecified atom stereocenters. The van der Waals surface area contributed by atoms with Gasteiger partial charge in [-0.15, -0.1) is 5.48 Å². The number of rotatable bonds is 4. The minimum Gasteiger partial charge on any atom is -0.444 e. The maximum absolute atomic E-state index is 11.6. The summed E-state index contributed by atoms with van der Waals surface area (Å²) in [6.45, 7) is 9.89. The van der Waals surface area contributed by atoms with E-state index in [-0.39, 0.29) is 17.2 Å². The highest BCUT2D eigenvalue weighted by Gasteiger charge is 2.46. The molecule has 1 aliphatic heterocycles. The molecule has 1 aliphatic rings. The predicted molar refractivity (Wildman–Crippen MR) is 80.0 cm³/mol. The topological polar surface area (TPSA) is 103 Å². The third-order valence-electron chi connectivity index (χ3n) is 3.94. The number of piperidine rings is 1. The monoisotopic (exact) mass is 317 g/mol. The smallest absolute Gasteiger partial charge is 0.441 e. The number of carbonyl (C=O) groups is 2. The van der Waals surface area contributed by atoms with Crippen molar-refractivity contribution in [3.05, 3.63) is 0 Å². The molecule has 0 spiro atoms. The van der Waals surface area contributed by atoms with E-state index in [1.807, 2.05) is 5.48 Å². The number of carbonyl (C=O) groups excluding carboxylic acids is 2. The van der Waals surface area contributed by atoms with Crippen molar-refractivity contribution in [2.45, 2.75) is 57.7 Å². The van der Waals surface area contributed by atoms with Gasteiger partial charge >= 0.3 is 12.2 Å². The van der Waals surface area contributed by atoms with E-state index in [0.29, 0.717) is 19.4 Å². The van der Waals surface area contributed by atoms with Gasteiger partial charge in [0.1, 0.15) is 6.10 Å². The number of nitrogens with zero attached hydrogens (tertiary/aromatic N) is 1. The van der Waals surface area contributed by atoms with Gasteiger partial charge in [0.15, 0.2) is 0 Å². The first-order valence-corrected chi connectivity index (χ1v) is 7.28. The number of ether oxygens (including phenoxy) is 2. The molecule has 0 saturated carbocycles. The summed E-state index contributed by atoms with van der Waals surface area (Å²) >= 11 is 0. The van der Waals surface area contributed by atoms with Gasteiger partial charge in [0.05, 0.1) is 6.61 Å². The molecule has 1 heterocycles. The van der Waals surface area contributed by atoms with Crippen LogP contribution in [0.4, 0.5) is 9.59 Å². The summed E-state index contributed by atoms with van der Waals surface area (Å²) in [6.07, 6.45) is -0.845. The van der Waals surface area contributed by atoms with E-state index >= 15 is 0 Å². The number of hydrogen-bond donors (Lipinski definition) is 2. The fourth-order valence-corrected chi connectivity index (χ4v) is 3.36. The van der Waals surface area contributed by atoms with Crippen LogP contribution in [0.15, 0.2) is 0 Å². The molecule has 0 aliphatic carbocycles.